The predicted molar refractivity (Wildman–Crippen MR) is 117 cm³/mol. The smallest absolute Gasteiger partial charge is 0.161 e. The molecule has 0 aliphatic carbocycles. The minimum absolute atomic E-state index is 0.693. The molecule has 0 aliphatic rings. The number of hydrogen-bond acceptors (Lipinski definition) is 7. The zero-order chi connectivity index (χ0) is 19.5. The summed E-state index contributed by atoms with van der Waals surface area (Å²) in [5.41, 5.74) is 3.08. The van der Waals surface area contributed by atoms with E-state index in [1.54, 1.807) is 43.6 Å². The van der Waals surface area contributed by atoms with Crippen LogP contribution in [0.2, 0.25) is 0 Å². The van der Waals surface area contributed by atoms with Crippen LogP contribution in [0.1, 0.15) is 0 Å². The first kappa shape index (κ1) is 18.6. The van der Waals surface area contributed by atoms with E-state index in [4.69, 9.17) is 9.47 Å². The highest BCUT2D eigenvalue weighted by Crippen LogP contribution is 2.40. The Morgan fingerprint density at radius 1 is 1.00 bits per heavy atom. The fourth-order valence-corrected chi connectivity index (χ4v) is 4.40. The van der Waals surface area contributed by atoms with Gasteiger partial charge in [0.05, 0.1) is 19.6 Å². The molecule has 142 valence electrons. The predicted octanol–water partition coefficient (Wildman–Crippen LogP) is 5.84. The molecule has 0 aliphatic heterocycles. The van der Waals surface area contributed by atoms with E-state index in [1.165, 1.54) is 4.90 Å². The van der Waals surface area contributed by atoms with Crippen molar-refractivity contribution in [1.82, 2.24) is 9.97 Å². The fourth-order valence-electron chi connectivity index (χ4n) is 3.02. The first-order chi connectivity index (χ1) is 13.7. The van der Waals surface area contributed by atoms with Gasteiger partial charge in [-0.15, -0.1) is 23.1 Å². The Kier molecular flexibility index (Phi) is 5.36. The van der Waals surface area contributed by atoms with Crippen LogP contribution in [0.3, 0.4) is 0 Å². The van der Waals surface area contributed by atoms with Gasteiger partial charge < -0.3 is 14.8 Å². The molecular formula is C21H19N3O2S2. The minimum atomic E-state index is 0.693. The molecule has 0 bridgehead atoms. The lowest BCUT2D eigenvalue weighted by atomic mass is 10.1. The number of rotatable bonds is 6. The average Bonchev–Trinajstić information content (AvgIpc) is 3.18. The van der Waals surface area contributed by atoms with Gasteiger partial charge in [0.1, 0.15) is 17.0 Å². The highest BCUT2D eigenvalue weighted by molar-refractivity contribution is 7.98. The molecule has 28 heavy (non-hydrogen) atoms. The van der Waals surface area contributed by atoms with E-state index in [9.17, 15) is 0 Å². The van der Waals surface area contributed by atoms with E-state index in [2.05, 4.69) is 39.1 Å². The van der Waals surface area contributed by atoms with E-state index >= 15 is 0 Å². The summed E-state index contributed by atoms with van der Waals surface area (Å²) in [6, 6.07) is 14.2. The highest BCUT2D eigenvalue weighted by atomic mass is 32.2. The summed E-state index contributed by atoms with van der Waals surface area (Å²) in [4.78, 5) is 11.1. The summed E-state index contributed by atoms with van der Waals surface area (Å²) >= 11 is 3.31. The summed E-state index contributed by atoms with van der Waals surface area (Å²) in [6.45, 7) is 0. The lowest BCUT2D eigenvalue weighted by Crippen LogP contribution is -1.96. The molecule has 2 aromatic carbocycles. The van der Waals surface area contributed by atoms with Gasteiger partial charge in [-0.25, -0.2) is 9.97 Å². The van der Waals surface area contributed by atoms with Crippen molar-refractivity contribution in [3.63, 3.8) is 0 Å². The molecule has 0 fully saturated rings. The van der Waals surface area contributed by atoms with Crippen LogP contribution in [0.25, 0.3) is 21.3 Å². The molecule has 0 saturated carbocycles. The normalized spacial score (nSPS) is 10.8. The number of anilines is 2. The van der Waals surface area contributed by atoms with Gasteiger partial charge in [0, 0.05) is 21.5 Å². The number of thioether (sulfide) groups is 1. The lowest BCUT2D eigenvalue weighted by molar-refractivity contribution is 0.355. The molecule has 0 amide bonds. The number of nitrogens with zero attached hydrogens (tertiary/aromatic N) is 2. The van der Waals surface area contributed by atoms with Crippen LogP contribution < -0.4 is 14.8 Å². The van der Waals surface area contributed by atoms with Gasteiger partial charge in [-0.1, -0.05) is 12.1 Å². The van der Waals surface area contributed by atoms with Gasteiger partial charge in [-0.2, -0.15) is 0 Å². The Morgan fingerprint density at radius 2 is 1.86 bits per heavy atom. The molecule has 2 heterocycles. The Morgan fingerprint density at radius 3 is 2.64 bits per heavy atom. The van der Waals surface area contributed by atoms with Crippen LogP contribution in [0.15, 0.2) is 59.1 Å². The number of methoxy groups -OCH3 is 2. The van der Waals surface area contributed by atoms with Gasteiger partial charge in [0.25, 0.3) is 0 Å². The molecule has 1 N–H and O–H groups in total. The molecule has 0 saturated heterocycles. The van der Waals surface area contributed by atoms with Crippen molar-refractivity contribution >= 4 is 44.8 Å². The van der Waals surface area contributed by atoms with Crippen LogP contribution in [0.5, 0.6) is 11.5 Å². The molecule has 5 nitrogen and oxygen atoms in total. The first-order valence-electron chi connectivity index (χ1n) is 8.59. The van der Waals surface area contributed by atoms with Crippen molar-refractivity contribution in [3.05, 3.63) is 54.2 Å². The number of aromatic nitrogens is 2. The maximum atomic E-state index is 5.47. The van der Waals surface area contributed by atoms with Crippen molar-refractivity contribution < 1.29 is 9.47 Å². The summed E-state index contributed by atoms with van der Waals surface area (Å²) in [5.74, 6) is 2.18. The maximum Gasteiger partial charge on any atom is 0.161 e. The minimum Gasteiger partial charge on any atom is -0.493 e. The number of ether oxygens (including phenoxy) is 2. The molecule has 0 atom stereocenters. The molecule has 7 heteroatoms. The highest BCUT2D eigenvalue weighted by Gasteiger charge is 2.15. The van der Waals surface area contributed by atoms with Crippen molar-refractivity contribution in [2.24, 2.45) is 0 Å². The molecule has 0 spiro atoms. The van der Waals surface area contributed by atoms with E-state index in [0.717, 1.165) is 32.8 Å². The van der Waals surface area contributed by atoms with E-state index in [0.29, 0.717) is 11.5 Å². The van der Waals surface area contributed by atoms with Crippen LogP contribution in [-0.2, 0) is 0 Å². The third-order valence-corrected chi connectivity index (χ3v) is 6.01. The second kappa shape index (κ2) is 8.08. The largest absolute Gasteiger partial charge is 0.493 e. The van der Waals surface area contributed by atoms with Gasteiger partial charge in [0.15, 0.2) is 11.5 Å². The summed E-state index contributed by atoms with van der Waals surface area (Å²) in [6.07, 6.45) is 3.66. The second-order valence-corrected chi connectivity index (χ2v) is 7.72. The Hall–Kier alpha value is -2.77. The van der Waals surface area contributed by atoms with E-state index in [1.807, 2.05) is 30.3 Å². The molecule has 4 rings (SSSR count). The molecule has 0 radical (unpaired) electrons. The van der Waals surface area contributed by atoms with Gasteiger partial charge in [-0.3, -0.25) is 0 Å². The van der Waals surface area contributed by atoms with Gasteiger partial charge >= 0.3 is 0 Å². The Balaban J connectivity index is 1.81. The number of hydrogen-bond donors (Lipinski definition) is 1. The molecular weight excluding hydrogens is 390 g/mol. The monoisotopic (exact) mass is 409 g/mol. The summed E-state index contributed by atoms with van der Waals surface area (Å²) < 4.78 is 10.8. The quantitative estimate of drug-likeness (QED) is 0.404. The van der Waals surface area contributed by atoms with Crippen LogP contribution in [0, 0.1) is 0 Å². The topological polar surface area (TPSA) is 56.3 Å². The molecule has 0 unspecified atom stereocenters. The molecule has 2 aromatic heterocycles. The van der Waals surface area contributed by atoms with Crippen molar-refractivity contribution in [3.8, 4) is 22.6 Å². The SMILES string of the molecule is COc1ccc(-c2csc3ncnc(Nc4cccc(SC)c4)c23)cc1OC. The number of thiophene rings is 1. The zero-order valence-corrected chi connectivity index (χ0v) is 17.4. The third-order valence-electron chi connectivity index (χ3n) is 4.40. The standard InChI is InChI=1S/C21H19N3O2S2/c1-25-17-8-7-13(9-18(17)26-2)16-11-28-21-19(16)20(22-12-23-21)24-14-5-4-6-15(10-14)27-3/h4-12H,1-3H3,(H,22,23,24). The van der Waals surface area contributed by atoms with E-state index in [-0.39, 0.29) is 0 Å². The fraction of sp³-hybridized carbons (Fsp3) is 0.143. The van der Waals surface area contributed by atoms with Crippen molar-refractivity contribution in [1.29, 1.82) is 0 Å². The lowest BCUT2D eigenvalue weighted by Gasteiger charge is -2.11. The Labute approximate surface area is 171 Å². The maximum absolute atomic E-state index is 5.47. The van der Waals surface area contributed by atoms with Crippen LogP contribution in [0.4, 0.5) is 11.5 Å². The van der Waals surface area contributed by atoms with Crippen molar-refractivity contribution in [2.45, 2.75) is 4.90 Å². The first-order valence-corrected chi connectivity index (χ1v) is 10.7. The van der Waals surface area contributed by atoms with Crippen LogP contribution >= 0.6 is 23.1 Å². The summed E-state index contributed by atoms with van der Waals surface area (Å²) in [7, 11) is 3.28. The number of fused-ring (bicyclic) bond motifs is 1. The average molecular weight is 410 g/mol. The zero-order valence-electron chi connectivity index (χ0n) is 15.7. The Bertz CT molecular complexity index is 1130. The third kappa shape index (κ3) is 3.50. The van der Waals surface area contributed by atoms with Crippen molar-refractivity contribution in [2.75, 3.05) is 25.8 Å². The van der Waals surface area contributed by atoms with E-state index < -0.39 is 0 Å². The summed E-state index contributed by atoms with van der Waals surface area (Å²) in [5, 5.41) is 6.55. The van der Waals surface area contributed by atoms with Crippen LogP contribution in [-0.4, -0.2) is 30.4 Å². The van der Waals surface area contributed by atoms with Gasteiger partial charge in [0.2, 0.25) is 0 Å². The second-order valence-electron chi connectivity index (χ2n) is 5.98. The number of benzene rings is 2. The number of nitrogens with one attached hydrogen (secondary N) is 1. The molecule has 4 aromatic rings. The van der Waals surface area contributed by atoms with Gasteiger partial charge in [-0.05, 0) is 42.2 Å².